The summed E-state index contributed by atoms with van der Waals surface area (Å²) in [5.41, 5.74) is 0. The van der Waals surface area contributed by atoms with E-state index in [-0.39, 0.29) is 11.0 Å². The van der Waals surface area contributed by atoms with E-state index in [2.05, 4.69) is 11.6 Å². The smallest absolute Gasteiger partial charge is 0.230 e. The Kier molecular flexibility index (Phi) is 6.85. The minimum atomic E-state index is -0.0844. The van der Waals surface area contributed by atoms with Crippen LogP contribution in [0.5, 0.6) is 0 Å². The van der Waals surface area contributed by atoms with Crippen LogP contribution in [0.3, 0.4) is 0 Å². The second-order valence-electron chi connectivity index (χ2n) is 2.58. The van der Waals surface area contributed by atoms with Crippen molar-refractivity contribution in [2.75, 3.05) is 0 Å². The second kappa shape index (κ2) is 7.16. The third kappa shape index (κ3) is 7.60. The average Bonchev–Trinajstić information content (AvgIpc) is 2.01. The normalized spacial score (nSPS) is 9.50. The van der Waals surface area contributed by atoms with Gasteiger partial charge in [-0.15, -0.1) is 0 Å². The number of carbonyl (C=O) groups excluding carboxylic acids is 2. The van der Waals surface area contributed by atoms with Crippen molar-refractivity contribution in [2.24, 2.45) is 0 Å². The van der Waals surface area contributed by atoms with Crippen LogP contribution >= 0.6 is 11.9 Å². The highest BCUT2D eigenvalue weighted by atomic mass is 32.2. The summed E-state index contributed by atoms with van der Waals surface area (Å²) in [6, 6.07) is 0. The van der Waals surface area contributed by atoms with E-state index in [0.29, 0.717) is 6.42 Å². The van der Waals surface area contributed by atoms with Gasteiger partial charge in [-0.2, -0.15) is 0 Å². The summed E-state index contributed by atoms with van der Waals surface area (Å²) in [7, 11) is 0. The summed E-state index contributed by atoms with van der Waals surface area (Å²) >= 11 is 0.859. The minimum absolute atomic E-state index is 0.0522. The van der Waals surface area contributed by atoms with E-state index in [1.165, 1.54) is 6.92 Å². The lowest BCUT2D eigenvalue weighted by Crippen LogP contribution is -2.16. The molecular formula is C8H15NO2S. The van der Waals surface area contributed by atoms with Gasteiger partial charge in [0.1, 0.15) is 0 Å². The van der Waals surface area contributed by atoms with Gasteiger partial charge in [0.2, 0.25) is 11.0 Å². The quantitative estimate of drug-likeness (QED) is 0.542. The van der Waals surface area contributed by atoms with Gasteiger partial charge < -0.3 is 0 Å². The molecule has 4 heteroatoms. The molecule has 12 heavy (non-hydrogen) atoms. The maximum absolute atomic E-state index is 10.9. The van der Waals surface area contributed by atoms with E-state index in [0.717, 1.165) is 31.2 Å². The number of nitrogens with one attached hydrogen (secondary N) is 1. The highest BCUT2D eigenvalue weighted by Gasteiger charge is 2.01. The minimum Gasteiger partial charge on any atom is -0.294 e. The number of rotatable bonds is 4. The maximum Gasteiger partial charge on any atom is 0.230 e. The lowest BCUT2D eigenvalue weighted by molar-refractivity contribution is -0.119. The van der Waals surface area contributed by atoms with Crippen molar-refractivity contribution in [3.8, 4) is 0 Å². The van der Waals surface area contributed by atoms with Gasteiger partial charge in [0.05, 0.1) is 0 Å². The molecule has 0 fully saturated rings. The lowest BCUT2D eigenvalue weighted by atomic mass is 10.2. The first-order valence-electron chi connectivity index (χ1n) is 4.13. The standard InChI is InChI=1S/C8H15NO2S/c1-3-4-5-6-8(11)9-12-7(2)10/h3-6H2,1-2H3,(H,9,11). The molecule has 0 aliphatic carbocycles. The second-order valence-corrected chi connectivity index (χ2v) is 3.56. The summed E-state index contributed by atoms with van der Waals surface area (Å²) in [6.07, 6.45) is 3.60. The Morgan fingerprint density at radius 2 is 2.00 bits per heavy atom. The maximum atomic E-state index is 10.9. The van der Waals surface area contributed by atoms with Crippen molar-refractivity contribution in [3.05, 3.63) is 0 Å². The molecule has 0 aromatic heterocycles. The molecular weight excluding hydrogens is 174 g/mol. The van der Waals surface area contributed by atoms with E-state index in [9.17, 15) is 9.59 Å². The fourth-order valence-electron chi connectivity index (χ4n) is 0.715. The molecule has 0 aliphatic heterocycles. The van der Waals surface area contributed by atoms with Gasteiger partial charge in [0.15, 0.2) is 0 Å². The Morgan fingerprint density at radius 1 is 1.33 bits per heavy atom. The number of carbonyl (C=O) groups is 2. The fraction of sp³-hybridized carbons (Fsp3) is 0.750. The molecule has 0 aromatic carbocycles. The Morgan fingerprint density at radius 3 is 2.50 bits per heavy atom. The summed E-state index contributed by atoms with van der Waals surface area (Å²) in [4.78, 5) is 21.4. The fourth-order valence-corrected chi connectivity index (χ4v) is 1.07. The van der Waals surface area contributed by atoms with Gasteiger partial charge in [-0.3, -0.25) is 14.3 Å². The van der Waals surface area contributed by atoms with Crippen molar-refractivity contribution < 1.29 is 9.59 Å². The van der Waals surface area contributed by atoms with Gasteiger partial charge in [-0.05, 0) is 6.42 Å². The van der Waals surface area contributed by atoms with Crippen molar-refractivity contribution >= 4 is 23.0 Å². The van der Waals surface area contributed by atoms with Crippen LogP contribution < -0.4 is 4.72 Å². The Labute approximate surface area is 77.4 Å². The third-order valence-electron chi connectivity index (χ3n) is 1.32. The lowest BCUT2D eigenvalue weighted by Gasteiger charge is -1.99. The molecule has 0 saturated carbocycles. The first-order chi connectivity index (χ1) is 5.66. The molecule has 0 heterocycles. The molecule has 1 N–H and O–H groups in total. The van der Waals surface area contributed by atoms with Crippen LogP contribution in [-0.4, -0.2) is 11.0 Å². The third-order valence-corrected chi connectivity index (χ3v) is 1.93. The molecule has 0 rings (SSSR count). The monoisotopic (exact) mass is 189 g/mol. The predicted molar refractivity (Wildman–Crippen MR) is 50.6 cm³/mol. The van der Waals surface area contributed by atoms with Crippen molar-refractivity contribution in [3.63, 3.8) is 0 Å². The molecule has 3 nitrogen and oxygen atoms in total. The van der Waals surface area contributed by atoms with Gasteiger partial charge in [0.25, 0.3) is 0 Å². The molecule has 0 spiro atoms. The van der Waals surface area contributed by atoms with Crippen molar-refractivity contribution in [1.29, 1.82) is 0 Å². The largest absolute Gasteiger partial charge is 0.294 e. The molecule has 0 saturated heterocycles. The molecule has 0 radical (unpaired) electrons. The summed E-state index contributed by atoms with van der Waals surface area (Å²) in [6.45, 7) is 3.51. The number of hydrogen-bond donors (Lipinski definition) is 1. The molecule has 1 amide bonds. The molecule has 0 bridgehead atoms. The first-order valence-corrected chi connectivity index (χ1v) is 4.94. The molecule has 0 atom stereocenters. The van der Waals surface area contributed by atoms with Crippen LogP contribution in [0.2, 0.25) is 0 Å². The van der Waals surface area contributed by atoms with Gasteiger partial charge in [-0.25, -0.2) is 0 Å². The summed E-state index contributed by atoms with van der Waals surface area (Å²) < 4.78 is 2.47. The summed E-state index contributed by atoms with van der Waals surface area (Å²) in [5.74, 6) is -0.0522. The zero-order valence-corrected chi connectivity index (χ0v) is 8.37. The van der Waals surface area contributed by atoms with Crippen LogP contribution in [0.1, 0.15) is 39.5 Å². The number of amides is 1. The van der Waals surface area contributed by atoms with Crippen molar-refractivity contribution in [1.82, 2.24) is 4.72 Å². The predicted octanol–water partition coefficient (Wildman–Crippen LogP) is 1.88. The molecule has 70 valence electrons. The van der Waals surface area contributed by atoms with Crippen LogP contribution in [0.4, 0.5) is 0 Å². The SMILES string of the molecule is CCCCCC(=O)NSC(C)=O. The Hall–Kier alpha value is -0.510. The van der Waals surface area contributed by atoms with Gasteiger partial charge >= 0.3 is 0 Å². The molecule has 0 unspecified atom stereocenters. The van der Waals surface area contributed by atoms with E-state index in [1.807, 2.05) is 0 Å². The van der Waals surface area contributed by atoms with Crippen LogP contribution in [0.25, 0.3) is 0 Å². The van der Waals surface area contributed by atoms with Crippen LogP contribution in [0.15, 0.2) is 0 Å². The summed E-state index contributed by atoms with van der Waals surface area (Å²) in [5, 5.41) is -0.0844. The number of unbranched alkanes of at least 4 members (excludes halogenated alkanes) is 2. The number of hydrogen-bond acceptors (Lipinski definition) is 3. The van der Waals surface area contributed by atoms with Crippen molar-refractivity contribution in [2.45, 2.75) is 39.5 Å². The van der Waals surface area contributed by atoms with Crippen LogP contribution in [-0.2, 0) is 9.59 Å². The zero-order chi connectivity index (χ0) is 9.40. The van der Waals surface area contributed by atoms with E-state index < -0.39 is 0 Å². The van der Waals surface area contributed by atoms with E-state index >= 15 is 0 Å². The van der Waals surface area contributed by atoms with Crippen LogP contribution in [0, 0.1) is 0 Å². The van der Waals surface area contributed by atoms with Gasteiger partial charge in [0, 0.05) is 25.3 Å². The highest BCUT2D eigenvalue weighted by molar-refractivity contribution is 8.12. The Bertz CT molecular complexity index is 159. The zero-order valence-electron chi connectivity index (χ0n) is 7.55. The molecule has 0 aromatic rings. The Balaban J connectivity index is 3.28. The highest BCUT2D eigenvalue weighted by Crippen LogP contribution is 2.01. The van der Waals surface area contributed by atoms with E-state index in [4.69, 9.17) is 0 Å². The topological polar surface area (TPSA) is 46.2 Å². The molecule has 0 aliphatic rings. The van der Waals surface area contributed by atoms with Gasteiger partial charge in [-0.1, -0.05) is 19.8 Å². The van der Waals surface area contributed by atoms with E-state index in [1.54, 1.807) is 0 Å². The average molecular weight is 189 g/mol. The first kappa shape index (κ1) is 11.5.